The molecule has 0 aliphatic carbocycles. The Balaban J connectivity index is 2.55. The van der Waals surface area contributed by atoms with Crippen molar-refractivity contribution in [3.05, 3.63) is 42.5 Å². The average molecular weight is 243 g/mol. The smallest absolute Gasteiger partial charge is 0.326 e. The van der Waals surface area contributed by atoms with Crippen molar-refractivity contribution in [1.29, 1.82) is 0 Å². The van der Waals surface area contributed by atoms with Gasteiger partial charge in [0, 0.05) is 17.6 Å². The zero-order chi connectivity index (χ0) is 13.1. The van der Waals surface area contributed by atoms with Gasteiger partial charge in [0.2, 0.25) is 0 Å². The molecule has 1 unspecified atom stereocenters. The van der Waals surface area contributed by atoms with Crippen molar-refractivity contribution >= 4 is 22.4 Å². The van der Waals surface area contributed by atoms with Gasteiger partial charge in [0.1, 0.15) is 6.04 Å². The number of rotatable bonds is 4. The van der Waals surface area contributed by atoms with Crippen LogP contribution in [-0.4, -0.2) is 23.7 Å². The molecule has 2 aromatic carbocycles. The third-order valence-corrected chi connectivity index (χ3v) is 3.24. The highest BCUT2D eigenvalue weighted by atomic mass is 16.4. The van der Waals surface area contributed by atoms with E-state index in [1.165, 1.54) is 0 Å². The van der Waals surface area contributed by atoms with Crippen LogP contribution in [0.2, 0.25) is 0 Å². The fourth-order valence-corrected chi connectivity index (χ4v) is 2.24. The molecule has 0 amide bonds. The quantitative estimate of drug-likeness (QED) is 0.896. The highest BCUT2D eigenvalue weighted by Crippen LogP contribution is 2.27. The molecular weight excluding hydrogens is 226 g/mol. The molecule has 0 spiro atoms. The van der Waals surface area contributed by atoms with Gasteiger partial charge in [-0.3, -0.25) is 0 Å². The minimum atomic E-state index is -0.801. The molecule has 0 heterocycles. The number of benzene rings is 2. The zero-order valence-corrected chi connectivity index (χ0v) is 10.6. The van der Waals surface area contributed by atoms with Gasteiger partial charge in [-0.15, -0.1) is 0 Å². The van der Waals surface area contributed by atoms with Crippen molar-refractivity contribution in [2.75, 3.05) is 11.4 Å². The Hall–Kier alpha value is -2.03. The lowest BCUT2D eigenvalue weighted by atomic mass is 10.1. The summed E-state index contributed by atoms with van der Waals surface area (Å²) in [6, 6.07) is 13.5. The van der Waals surface area contributed by atoms with Crippen LogP contribution >= 0.6 is 0 Å². The van der Waals surface area contributed by atoms with Gasteiger partial charge in [-0.1, -0.05) is 36.4 Å². The SMILES string of the molecule is CCN(c1cccc2ccccc12)C(C)C(=O)O. The summed E-state index contributed by atoms with van der Waals surface area (Å²) in [6.45, 7) is 4.36. The zero-order valence-electron chi connectivity index (χ0n) is 10.6. The molecule has 1 atom stereocenters. The first-order chi connectivity index (χ1) is 8.65. The molecule has 1 N–H and O–H groups in total. The number of nitrogens with zero attached hydrogens (tertiary/aromatic N) is 1. The van der Waals surface area contributed by atoms with E-state index in [1.807, 2.05) is 54.3 Å². The normalized spacial score (nSPS) is 12.3. The summed E-state index contributed by atoms with van der Waals surface area (Å²) in [5.41, 5.74) is 0.977. The van der Waals surface area contributed by atoms with Gasteiger partial charge in [0.15, 0.2) is 0 Å². The van der Waals surface area contributed by atoms with Gasteiger partial charge >= 0.3 is 5.97 Å². The molecule has 18 heavy (non-hydrogen) atoms. The van der Waals surface area contributed by atoms with Gasteiger partial charge in [-0.25, -0.2) is 4.79 Å². The highest BCUT2D eigenvalue weighted by molar-refractivity contribution is 5.95. The molecule has 2 aromatic rings. The maximum absolute atomic E-state index is 11.2. The first kappa shape index (κ1) is 12.4. The summed E-state index contributed by atoms with van der Waals surface area (Å²) < 4.78 is 0. The summed E-state index contributed by atoms with van der Waals surface area (Å²) in [4.78, 5) is 13.1. The van der Waals surface area contributed by atoms with Crippen molar-refractivity contribution in [3.63, 3.8) is 0 Å². The van der Waals surface area contributed by atoms with Gasteiger partial charge in [-0.05, 0) is 25.3 Å². The van der Waals surface area contributed by atoms with E-state index < -0.39 is 12.0 Å². The third kappa shape index (κ3) is 2.16. The van der Waals surface area contributed by atoms with Crippen LogP contribution in [0, 0.1) is 0 Å². The van der Waals surface area contributed by atoms with E-state index in [4.69, 9.17) is 0 Å². The Morgan fingerprint density at radius 1 is 1.22 bits per heavy atom. The predicted octanol–water partition coefficient (Wildman–Crippen LogP) is 3.14. The molecule has 0 aliphatic heterocycles. The topological polar surface area (TPSA) is 40.5 Å². The molecule has 0 aliphatic rings. The van der Waals surface area contributed by atoms with E-state index in [0.717, 1.165) is 16.5 Å². The summed E-state index contributed by atoms with van der Waals surface area (Å²) >= 11 is 0. The second-order valence-corrected chi connectivity index (χ2v) is 4.30. The Morgan fingerprint density at radius 3 is 2.56 bits per heavy atom. The molecule has 0 bridgehead atoms. The van der Waals surface area contributed by atoms with Crippen LogP contribution in [0.1, 0.15) is 13.8 Å². The van der Waals surface area contributed by atoms with Gasteiger partial charge in [-0.2, -0.15) is 0 Å². The Bertz CT molecular complexity index is 560. The molecule has 94 valence electrons. The second-order valence-electron chi connectivity index (χ2n) is 4.30. The fourth-order valence-electron chi connectivity index (χ4n) is 2.24. The van der Waals surface area contributed by atoms with Crippen LogP contribution in [0.4, 0.5) is 5.69 Å². The number of fused-ring (bicyclic) bond motifs is 1. The maximum atomic E-state index is 11.2. The van der Waals surface area contributed by atoms with Crippen molar-refractivity contribution in [3.8, 4) is 0 Å². The standard InChI is InChI=1S/C15H17NO2/c1-3-16(11(2)15(17)18)14-10-6-8-12-7-4-5-9-13(12)14/h4-11H,3H2,1-2H3,(H,17,18). The van der Waals surface area contributed by atoms with Crippen molar-refractivity contribution in [2.24, 2.45) is 0 Å². The van der Waals surface area contributed by atoms with E-state index in [9.17, 15) is 9.90 Å². The van der Waals surface area contributed by atoms with Crippen molar-refractivity contribution in [1.82, 2.24) is 0 Å². The first-order valence-corrected chi connectivity index (χ1v) is 6.12. The molecule has 0 radical (unpaired) electrons. The van der Waals surface area contributed by atoms with Crippen LogP contribution in [0.3, 0.4) is 0 Å². The van der Waals surface area contributed by atoms with Gasteiger partial charge in [0.25, 0.3) is 0 Å². The average Bonchev–Trinajstić information content (AvgIpc) is 2.39. The summed E-state index contributed by atoms with van der Waals surface area (Å²) in [5, 5.41) is 11.4. The van der Waals surface area contributed by atoms with Crippen LogP contribution < -0.4 is 4.90 Å². The number of carbonyl (C=O) groups is 1. The van der Waals surface area contributed by atoms with Crippen LogP contribution in [0.5, 0.6) is 0 Å². The largest absolute Gasteiger partial charge is 0.480 e. The summed E-state index contributed by atoms with van der Waals surface area (Å²) in [5.74, 6) is -0.801. The minimum absolute atomic E-state index is 0.527. The van der Waals surface area contributed by atoms with Gasteiger partial charge < -0.3 is 10.0 Å². The number of hydrogen-bond donors (Lipinski definition) is 1. The molecular formula is C15H17NO2. The lowest BCUT2D eigenvalue weighted by Gasteiger charge is -2.28. The van der Waals surface area contributed by atoms with Crippen molar-refractivity contribution < 1.29 is 9.90 Å². The van der Waals surface area contributed by atoms with E-state index in [-0.39, 0.29) is 0 Å². The predicted molar refractivity (Wildman–Crippen MR) is 74.1 cm³/mol. The summed E-state index contributed by atoms with van der Waals surface area (Å²) in [7, 11) is 0. The number of likely N-dealkylation sites (N-methyl/N-ethyl adjacent to an activating group) is 1. The lowest BCUT2D eigenvalue weighted by Crippen LogP contribution is -2.39. The Morgan fingerprint density at radius 2 is 1.89 bits per heavy atom. The maximum Gasteiger partial charge on any atom is 0.326 e. The van der Waals surface area contributed by atoms with Crippen LogP contribution in [-0.2, 0) is 4.79 Å². The Kier molecular flexibility index (Phi) is 3.51. The summed E-state index contributed by atoms with van der Waals surface area (Å²) in [6.07, 6.45) is 0. The molecule has 3 nitrogen and oxygen atoms in total. The second kappa shape index (κ2) is 5.08. The highest BCUT2D eigenvalue weighted by Gasteiger charge is 2.20. The lowest BCUT2D eigenvalue weighted by molar-refractivity contribution is -0.138. The Labute approximate surface area is 107 Å². The molecule has 0 saturated heterocycles. The third-order valence-electron chi connectivity index (χ3n) is 3.24. The molecule has 3 heteroatoms. The molecule has 2 rings (SSSR count). The van der Waals surface area contributed by atoms with Crippen LogP contribution in [0.15, 0.2) is 42.5 Å². The number of hydrogen-bond acceptors (Lipinski definition) is 2. The van der Waals surface area contributed by atoms with Crippen molar-refractivity contribution in [2.45, 2.75) is 19.9 Å². The monoisotopic (exact) mass is 243 g/mol. The molecule has 0 aromatic heterocycles. The van der Waals surface area contributed by atoms with E-state index in [1.54, 1.807) is 6.92 Å². The number of carboxylic acids is 1. The van der Waals surface area contributed by atoms with E-state index >= 15 is 0 Å². The number of aliphatic carboxylic acids is 1. The fraction of sp³-hybridized carbons (Fsp3) is 0.267. The molecule has 0 saturated carbocycles. The molecule has 0 fully saturated rings. The number of anilines is 1. The number of carboxylic acid groups (broad SMARTS) is 1. The van der Waals surface area contributed by atoms with E-state index in [2.05, 4.69) is 0 Å². The minimum Gasteiger partial charge on any atom is -0.480 e. The van der Waals surface area contributed by atoms with E-state index in [0.29, 0.717) is 6.54 Å². The van der Waals surface area contributed by atoms with Gasteiger partial charge in [0.05, 0.1) is 0 Å². The first-order valence-electron chi connectivity index (χ1n) is 6.12. The van der Waals surface area contributed by atoms with Crippen LogP contribution in [0.25, 0.3) is 10.8 Å².